The van der Waals surface area contributed by atoms with E-state index in [1.807, 2.05) is 24.3 Å². The highest BCUT2D eigenvalue weighted by molar-refractivity contribution is 5.68. The third kappa shape index (κ3) is 4.34. The Morgan fingerprint density at radius 3 is 2.29 bits per heavy atom. The first-order valence-corrected chi connectivity index (χ1v) is 9.38. The lowest BCUT2D eigenvalue weighted by Gasteiger charge is -2.15. The van der Waals surface area contributed by atoms with Crippen LogP contribution in [0.3, 0.4) is 0 Å². The van der Waals surface area contributed by atoms with Crippen LogP contribution in [0.25, 0.3) is 0 Å². The Balaban J connectivity index is 1.88. The number of anilines is 4. The summed E-state index contributed by atoms with van der Waals surface area (Å²) < 4.78 is 10.7. The first-order valence-electron chi connectivity index (χ1n) is 9.38. The third-order valence-electron chi connectivity index (χ3n) is 4.56. The average molecular weight is 378 g/mol. The zero-order chi connectivity index (χ0) is 19.9. The maximum absolute atomic E-state index is 5.43. The minimum atomic E-state index is 0.544. The maximum Gasteiger partial charge on any atom is 0.229 e. The van der Waals surface area contributed by atoms with E-state index in [1.54, 1.807) is 20.4 Å². The van der Waals surface area contributed by atoms with Gasteiger partial charge < -0.3 is 20.1 Å². The number of nitrogens with one attached hydrogen (secondary N) is 2. The molecule has 0 radical (unpaired) electrons. The summed E-state index contributed by atoms with van der Waals surface area (Å²) in [5.41, 5.74) is 4.35. The molecule has 1 heterocycles. The minimum absolute atomic E-state index is 0.544. The summed E-state index contributed by atoms with van der Waals surface area (Å²) in [4.78, 5) is 9.00. The van der Waals surface area contributed by atoms with Gasteiger partial charge in [0.15, 0.2) is 0 Å². The highest BCUT2D eigenvalue weighted by Crippen LogP contribution is 2.31. The van der Waals surface area contributed by atoms with Crippen LogP contribution in [0.1, 0.15) is 25.0 Å². The van der Waals surface area contributed by atoms with Crippen LogP contribution < -0.4 is 20.1 Å². The monoisotopic (exact) mass is 378 g/mol. The number of ether oxygens (including phenoxy) is 2. The SMILES string of the molecule is CCc1cccc(CC)c1Nc1nccc(Nc2cc(OC)ccc2OC)n1. The van der Waals surface area contributed by atoms with Crippen molar-refractivity contribution in [2.24, 2.45) is 0 Å². The van der Waals surface area contributed by atoms with Gasteiger partial charge >= 0.3 is 0 Å². The third-order valence-corrected chi connectivity index (χ3v) is 4.56. The lowest BCUT2D eigenvalue weighted by Crippen LogP contribution is -2.05. The number of hydrogen-bond acceptors (Lipinski definition) is 6. The van der Waals surface area contributed by atoms with Crippen LogP contribution >= 0.6 is 0 Å². The normalized spacial score (nSPS) is 10.4. The minimum Gasteiger partial charge on any atom is -0.497 e. The predicted molar refractivity (Wildman–Crippen MR) is 113 cm³/mol. The quantitative estimate of drug-likeness (QED) is 0.568. The van der Waals surface area contributed by atoms with Gasteiger partial charge in [0.2, 0.25) is 5.95 Å². The van der Waals surface area contributed by atoms with Gasteiger partial charge in [0.05, 0.1) is 19.9 Å². The number of aromatic nitrogens is 2. The number of hydrogen-bond donors (Lipinski definition) is 2. The first kappa shape index (κ1) is 19.5. The summed E-state index contributed by atoms with van der Waals surface area (Å²) in [6.07, 6.45) is 3.61. The van der Waals surface area contributed by atoms with Crippen LogP contribution in [0.2, 0.25) is 0 Å². The van der Waals surface area contributed by atoms with Gasteiger partial charge in [0.25, 0.3) is 0 Å². The Morgan fingerprint density at radius 2 is 1.64 bits per heavy atom. The molecule has 0 amide bonds. The van der Waals surface area contributed by atoms with Crippen LogP contribution in [0.15, 0.2) is 48.7 Å². The van der Waals surface area contributed by atoms with Crippen LogP contribution in [0, 0.1) is 0 Å². The highest BCUT2D eigenvalue weighted by Gasteiger charge is 2.10. The Kier molecular flexibility index (Phi) is 6.32. The fourth-order valence-electron chi connectivity index (χ4n) is 3.05. The number of rotatable bonds is 8. The molecule has 0 saturated heterocycles. The molecule has 28 heavy (non-hydrogen) atoms. The molecule has 0 aliphatic rings. The van der Waals surface area contributed by atoms with Crippen molar-refractivity contribution in [1.82, 2.24) is 9.97 Å². The molecule has 3 rings (SSSR count). The summed E-state index contributed by atoms with van der Waals surface area (Å²) in [6, 6.07) is 13.7. The van der Waals surface area contributed by atoms with E-state index in [0.717, 1.165) is 30.0 Å². The Morgan fingerprint density at radius 1 is 0.893 bits per heavy atom. The smallest absolute Gasteiger partial charge is 0.229 e. The molecule has 1 aromatic heterocycles. The van der Waals surface area contributed by atoms with E-state index in [-0.39, 0.29) is 0 Å². The van der Waals surface area contributed by atoms with Gasteiger partial charge in [-0.25, -0.2) is 4.98 Å². The summed E-state index contributed by atoms with van der Waals surface area (Å²) in [6.45, 7) is 4.29. The molecule has 0 aliphatic carbocycles. The average Bonchev–Trinajstić information content (AvgIpc) is 2.74. The maximum atomic E-state index is 5.43. The molecule has 2 aromatic carbocycles. The van der Waals surface area contributed by atoms with E-state index in [4.69, 9.17) is 9.47 Å². The van der Waals surface area contributed by atoms with E-state index in [1.165, 1.54) is 11.1 Å². The topological polar surface area (TPSA) is 68.3 Å². The zero-order valence-electron chi connectivity index (χ0n) is 16.7. The lowest BCUT2D eigenvalue weighted by atomic mass is 10.0. The van der Waals surface area contributed by atoms with Crippen LogP contribution in [0.5, 0.6) is 11.5 Å². The molecule has 0 unspecified atom stereocenters. The van der Waals surface area contributed by atoms with Crippen molar-refractivity contribution in [2.45, 2.75) is 26.7 Å². The van der Waals surface area contributed by atoms with E-state index >= 15 is 0 Å². The molecule has 146 valence electrons. The molecular weight excluding hydrogens is 352 g/mol. The van der Waals surface area contributed by atoms with E-state index in [9.17, 15) is 0 Å². The van der Waals surface area contributed by atoms with Crippen molar-refractivity contribution >= 4 is 23.1 Å². The second-order valence-electron chi connectivity index (χ2n) is 6.24. The van der Waals surface area contributed by atoms with E-state index in [0.29, 0.717) is 17.5 Å². The van der Waals surface area contributed by atoms with Gasteiger partial charge in [0.1, 0.15) is 17.3 Å². The number of nitrogens with zero attached hydrogens (tertiary/aromatic N) is 2. The fourth-order valence-corrected chi connectivity index (χ4v) is 3.05. The van der Waals surface area contributed by atoms with Gasteiger partial charge in [-0.15, -0.1) is 0 Å². The van der Waals surface area contributed by atoms with Gasteiger partial charge in [-0.3, -0.25) is 0 Å². The molecule has 2 N–H and O–H groups in total. The molecule has 0 saturated carbocycles. The van der Waals surface area contributed by atoms with Crippen LogP contribution in [-0.2, 0) is 12.8 Å². The largest absolute Gasteiger partial charge is 0.497 e. The molecule has 6 heteroatoms. The van der Waals surface area contributed by atoms with Crippen molar-refractivity contribution < 1.29 is 9.47 Å². The van der Waals surface area contributed by atoms with Gasteiger partial charge in [-0.1, -0.05) is 32.0 Å². The molecule has 0 bridgehead atoms. The first-order chi connectivity index (χ1) is 13.7. The van der Waals surface area contributed by atoms with Crippen LogP contribution in [0.4, 0.5) is 23.1 Å². The second-order valence-corrected chi connectivity index (χ2v) is 6.24. The Bertz CT molecular complexity index is 921. The predicted octanol–water partition coefficient (Wildman–Crippen LogP) is 5.11. The molecule has 0 aliphatic heterocycles. The summed E-state index contributed by atoms with van der Waals surface area (Å²) >= 11 is 0. The number of aryl methyl sites for hydroxylation is 2. The number of methoxy groups -OCH3 is 2. The molecular formula is C22H26N4O2. The molecule has 0 fully saturated rings. The fraction of sp³-hybridized carbons (Fsp3) is 0.273. The standard InChI is InChI=1S/C22H26N4O2/c1-5-15-8-7-9-16(6-2)21(15)26-22-23-13-12-20(25-22)24-18-14-17(27-3)10-11-19(18)28-4/h7-14H,5-6H2,1-4H3,(H2,23,24,25,26). The molecule has 3 aromatic rings. The molecule has 0 atom stereocenters. The summed E-state index contributed by atoms with van der Waals surface area (Å²) in [7, 11) is 3.27. The van der Waals surface area contributed by atoms with Crippen molar-refractivity contribution in [3.8, 4) is 11.5 Å². The second kappa shape index (κ2) is 9.08. The summed E-state index contributed by atoms with van der Waals surface area (Å²) in [5.74, 6) is 2.65. The number of benzene rings is 2. The lowest BCUT2D eigenvalue weighted by molar-refractivity contribution is 0.405. The van der Waals surface area contributed by atoms with Crippen molar-refractivity contribution in [3.05, 3.63) is 59.8 Å². The summed E-state index contributed by atoms with van der Waals surface area (Å²) in [5, 5.41) is 6.69. The Hall–Kier alpha value is -3.28. The van der Waals surface area contributed by atoms with Crippen molar-refractivity contribution in [2.75, 3.05) is 24.9 Å². The highest BCUT2D eigenvalue weighted by atomic mass is 16.5. The molecule has 6 nitrogen and oxygen atoms in total. The van der Waals surface area contributed by atoms with E-state index < -0.39 is 0 Å². The van der Waals surface area contributed by atoms with Crippen molar-refractivity contribution in [1.29, 1.82) is 0 Å². The van der Waals surface area contributed by atoms with Crippen molar-refractivity contribution in [3.63, 3.8) is 0 Å². The van der Waals surface area contributed by atoms with Crippen LogP contribution in [-0.4, -0.2) is 24.2 Å². The Labute approximate surface area is 166 Å². The van der Waals surface area contributed by atoms with Gasteiger partial charge in [-0.05, 0) is 42.2 Å². The number of para-hydroxylation sites is 1. The van der Waals surface area contributed by atoms with Gasteiger partial charge in [-0.2, -0.15) is 4.98 Å². The van der Waals surface area contributed by atoms with E-state index in [2.05, 4.69) is 52.6 Å². The molecule has 0 spiro atoms. The van der Waals surface area contributed by atoms with Gasteiger partial charge in [0, 0.05) is 18.0 Å². The zero-order valence-corrected chi connectivity index (χ0v) is 16.7.